The van der Waals surface area contributed by atoms with Gasteiger partial charge < -0.3 is 19.7 Å². The highest BCUT2D eigenvalue weighted by Crippen LogP contribution is 2.26. The molecule has 0 aliphatic carbocycles. The lowest BCUT2D eigenvalue weighted by molar-refractivity contribution is -0.142. The van der Waals surface area contributed by atoms with E-state index in [9.17, 15) is 9.59 Å². The summed E-state index contributed by atoms with van der Waals surface area (Å²) in [6.45, 7) is 2.78. The van der Waals surface area contributed by atoms with Gasteiger partial charge in [0.15, 0.2) is 5.58 Å². The number of nitrogens with one attached hydrogen (secondary N) is 1. The Morgan fingerprint density at radius 1 is 1.35 bits per heavy atom. The molecule has 7 heteroatoms. The summed E-state index contributed by atoms with van der Waals surface area (Å²) < 4.78 is 5.74. The maximum Gasteiger partial charge on any atom is 0.325 e. The molecule has 3 rings (SSSR count). The summed E-state index contributed by atoms with van der Waals surface area (Å²) in [5.41, 5.74) is 1.57. The van der Waals surface area contributed by atoms with Gasteiger partial charge >= 0.3 is 5.97 Å². The van der Waals surface area contributed by atoms with Gasteiger partial charge in [0.25, 0.3) is 6.01 Å². The number of rotatable bonds is 4. The number of carbonyl (C=O) groups excluding carboxylic acids is 1. The fraction of sp³-hybridized carbons (Fsp3) is 0.438. The minimum Gasteiger partial charge on any atom is -0.480 e. The molecule has 1 aromatic carbocycles. The molecule has 1 aliphatic rings. The number of amides is 1. The number of para-hydroxylation sites is 2. The number of hydrogen-bond acceptors (Lipinski definition) is 5. The van der Waals surface area contributed by atoms with Gasteiger partial charge in [0.1, 0.15) is 11.6 Å². The van der Waals surface area contributed by atoms with Crippen LogP contribution in [0.4, 0.5) is 6.01 Å². The monoisotopic (exact) mass is 317 g/mol. The first-order valence-electron chi connectivity index (χ1n) is 7.68. The fourth-order valence-corrected chi connectivity index (χ4v) is 2.72. The highest BCUT2D eigenvalue weighted by molar-refractivity contribution is 5.84. The third kappa shape index (κ3) is 3.28. The number of nitrogens with zero attached hydrogens (tertiary/aromatic N) is 2. The largest absolute Gasteiger partial charge is 0.480 e. The van der Waals surface area contributed by atoms with Crippen LogP contribution in [0.2, 0.25) is 0 Å². The van der Waals surface area contributed by atoms with E-state index in [2.05, 4.69) is 10.3 Å². The van der Waals surface area contributed by atoms with Crippen LogP contribution in [-0.4, -0.2) is 41.1 Å². The second-order valence-corrected chi connectivity index (χ2v) is 5.79. The maximum atomic E-state index is 12.1. The summed E-state index contributed by atoms with van der Waals surface area (Å²) >= 11 is 0. The van der Waals surface area contributed by atoms with Gasteiger partial charge in [-0.1, -0.05) is 12.1 Å². The van der Waals surface area contributed by atoms with E-state index in [0.29, 0.717) is 31.9 Å². The number of carboxylic acid groups (broad SMARTS) is 1. The van der Waals surface area contributed by atoms with Gasteiger partial charge in [-0.3, -0.25) is 9.59 Å². The van der Waals surface area contributed by atoms with Crippen molar-refractivity contribution in [1.29, 1.82) is 0 Å². The molecule has 7 nitrogen and oxygen atoms in total. The fourth-order valence-electron chi connectivity index (χ4n) is 2.72. The molecule has 23 heavy (non-hydrogen) atoms. The third-order valence-corrected chi connectivity index (χ3v) is 4.15. The van der Waals surface area contributed by atoms with Crippen LogP contribution in [0.1, 0.15) is 19.8 Å². The van der Waals surface area contributed by atoms with E-state index in [1.807, 2.05) is 29.2 Å². The lowest BCUT2D eigenvalue weighted by Gasteiger charge is -2.30. The Bertz CT molecular complexity index is 686. The van der Waals surface area contributed by atoms with Crippen molar-refractivity contribution in [3.05, 3.63) is 24.3 Å². The van der Waals surface area contributed by atoms with Crippen molar-refractivity contribution in [2.45, 2.75) is 25.8 Å². The standard InChI is InChI=1S/C16H19N3O4/c1-10(15(21)22)17-14(20)11-6-8-19(9-7-11)16-18-12-4-2-3-5-13(12)23-16/h2-5,10-11H,6-9H2,1H3,(H,17,20)(H,21,22)/t10-/m1/s1. The number of fused-ring (bicyclic) bond motifs is 1. The van der Waals surface area contributed by atoms with Crippen LogP contribution in [0.3, 0.4) is 0 Å². The van der Waals surface area contributed by atoms with E-state index in [1.165, 1.54) is 6.92 Å². The van der Waals surface area contributed by atoms with Gasteiger partial charge in [-0.05, 0) is 31.9 Å². The van der Waals surface area contributed by atoms with Crippen molar-refractivity contribution in [3.8, 4) is 0 Å². The zero-order valence-electron chi connectivity index (χ0n) is 12.9. The predicted octanol–water partition coefficient (Wildman–Crippen LogP) is 1.63. The molecule has 2 N–H and O–H groups in total. The average molecular weight is 317 g/mol. The van der Waals surface area contributed by atoms with Crippen molar-refractivity contribution in [2.75, 3.05) is 18.0 Å². The first-order valence-corrected chi connectivity index (χ1v) is 7.68. The summed E-state index contributed by atoms with van der Waals surface area (Å²) in [6, 6.07) is 7.29. The number of oxazole rings is 1. The number of carboxylic acids is 1. The van der Waals surface area contributed by atoms with Crippen molar-refractivity contribution in [3.63, 3.8) is 0 Å². The lowest BCUT2D eigenvalue weighted by atomic mass is 9.96. The van der Waals surface area contributed by atoms with E-state index in [1.54, 1.807) is 0 Å². The number of aromatic nitrogens is 1. The molecule has 0 spiro atoms. The number of carbonyl (C=O) groups is 2. The second-order valence-electron chi connectivity index (χ2n) is 5.79. The summed E-state index contributed by atoms with van der Waals surface area (Å²) in [5.74, 6) is -1.39. The molecule has 2 heterocycles. The van der Waals surface area contributed by atoms with E-state index in [0.717, 1.165) is 11.1 Å². The molecule has 0 saturated carbocycles. The highest BCUT2D eigenvalue weighted by atomic mass is 16.4. The Morgan fingerprint density at radius 2 is 2.04 bits per heavy atom. The molecular formula is C16H19N3O4. The molecule has 0 bridgehead atoms. The molecule has 0 unspecified atom stereocenters. The number of piperidine rings is 1. The van der Waals surface area contributed by atoms with E-state index in [4.69, 9.17) is 9.52 Å². The number of anilines is 1. The van der Waals surface area contributed by atoms with Crippen LogP contribution in [-0.2, 0) is 9.59 Å². The zero-order valence-corrected chi connectivity index (χ0v) is 12.9. The van der Waals surface area contributed by atoms with E-state index >= 15 is 0 Å². The number of benzene rings is 1. The van der Waals surface area contributed by atoms with Gasteiger partial charge in [-0.2, -0.15) is 4.98 Å². The molecule has 122 valence electrons. The molecule has 1 aromatic heterocycles. The Labute approximate surface area is 133 Å². The number of aliphatic carboxylic acids is 1. The van der Waals surface area contributed by atoms with Gasteiger partial charge in [0.2, 0.25) is 5.91 Å². The summed E-state index contributed by atoms with van der Waals surface area (Å²) in [5, 5.41) is 11.4. The Hall–Kier alpha value is -2.57. The highest BCUT2D eigenvalue weighted by Gasteiger charge is 2.28. The van der Waals surface area contributed by atoms with E-state index in [-0.39, 0.29) is 11.8 Å². The summed E-state index contributed by atoms with van der Waals surface area (Å²) in [7, 11) is 0. The first-order chi connectivity index (χ1) is 11.0. The molecule has 0 radical (unpaired) electrons. The van der Waals surface area contributed by atoms with Gasteiger partial charge in [-0.15, -0.1) is 0 Å². The van der Waals surface area contributed by atoms with Crippen LogP contribution in [0.15, 0.2) is 28.7 Å². The SMILES string of the molecule is C[C@@H](NC(=O)C1CCN(c2nc3ccccc3o2)CC1)C(=O)O. The zero-order chi connectivity index (χ0) is 16.4. The summed E-state index contributed by atoms with van der Waals surface area (Å²) in [6.07, 6.45) is 1.30. The Balaban J connectivity index is 1.59. The van der Waals surface area contributed by atoms with Gasteiger partial charge in [-0.25, -0.2) is 0 Å². The number of hydrogen-bond donors (Lipinski definition) is 2. The van der Waals surface area contributed by atoms with Crippen LogP contribution in [0, 0.1) is 5.92 Å². The molecule has 1 atom stereocenters. The smallest absolute Gasteiger partial charge is 0.325 e. The maximum absolute atomic E-state index is 12.1. The van der Waals surface area contributed by atoms with Crippen molar-refractivity contribution in [1.82, 2.24) is 10.3 Å². The summed E-state index contributed by atoms with van der Waals surface area (Å²) in [4.78, 5) is 29.3. The molecule has 1 amide bonds. The minimum atomic E-state index is -1.03. The quantitative estimate of drug-likeness (QED) is 0.890. The topological polar surface area (TPSA) is 95.7 Å². The van der Waals surface area contributed by atoms with Crippen LogP contribution in [0.25, 0.3) is 11.1 Å². The average Bonchev–Trinajstić information content (AvgIpc) is 2.98. The van der Waals surface area contributed by atoms with Crippen LogP contribution >= 0.6 is 0 Å². The Kier molecular flexibility index (Phi) is 4.18. The van der Waals surface area contributed by atoms with Gasteiger partial charge in [0, 0.05) is 19.0 Å². The normalized spacial score (nSPS) is 17.2. The molecule has 1 saturated heterocycles. The first kappa shape index (κ1) is 15.3. The Morgan fingerprint density at radius 3 is 2.70 bits per heavy atom. The van der Waals surface area contributed by atoms with Crippen molar-refractivity contribution < 1.29 is 19.1 Å². The van der Waals surface area contributed by atoms with Crippen LogP contribution < -0.4 is 10.2 Å². The van der Waals surface area contributed by atoms with Crippen molar-refractivity contribution >= 4 is 29.0 Å². The lowest BCUT2D eigenvalue weighted by Crippen LogP contribution is -2.45. The van der Waals surface area contributed by atoms with Gasteiger partial charge in [0.05, 0.1) is 0 Å². The van der Waals surface area contributed by atoms with Crippen LogP contribution in [0.5, 0.6) is 0 Å². The third-order valence-electron chi connectivity index (χ3n) is 4.15. The minimum absolute atomic E-state index is 0.169. The van der Waals surface area contributed by atoms with Crippen molar-refractivity contribution in [2.24, 2.45) is 5.92 Å². The molecule has 1 aliphatic heterocycles. The molecular weight excluding hydrogens is 298 g/mol. The molecule has 1 fully saturated rings. The second kappa shape index (κ2) is 6.28. The predicted molar refractivity (Wildman–Crippen MR) is 84.2 cm³/mol. The van der Waals surface area contributed by atoms with E-state index < -0.39 is 12.0 Å². The molecule has 2 aromatic rings.